The Balaban J connectivity index is 1.64. The van der Waals surface area contributed by atoms with Crippen molar-refractivity contribution in [3.05, 3.63) is 33.2 Å². The lowest BCUT2D eigenvalue weighted by Gasteiger charge is -2.40. The quantitative estimate of drug-likeness (QED) is 0.845. The molecular formula is C15H19ClN4O3. The summed E-state index contributed by atoms with van der Waals surface area (Å²) in [5.74, 6) is -0.310. The highest BCUT2D eigenvalue weighted by molar-refractivity contribution is 6.30. The van der Waals surface area contributed by atoms with Gasteiger partial charge in [0.05, 0.1) is 0 Å². The lowest BCUT2D eigenvalue weighted by Crippen LogP contribution is -2.54. The maximum Gasteiger partial charge on any atom is 0.317 e. The molecular weight excluding hydrogens is 320 g/mol. The molecule has 2 aliphatic heterocycles. The van der Waals surface area contributed by atoms with Crippen LogP contribution < -0.4 is 10.7 Å². The second kappa shape index (κ2) is 6.62. The fourth-order valence-electron chi connectivity index (χ4n) is 3.16. The minimum absolute atomic E-state index is 0.00993. The van der Waals surface area contributed by atoms with Crippen LogP contribution in [0.1, 0.15) is 29.6 Å². The van der Waals surface area contributed by atoms with Gasteiger partial charge in [0.25, 0.3) is 5.91 Å². The number of likely N-dealkylation sites (tertiary alicyclic amines) is 1. The first kappa shape index (κ1) is 15.9. The molecule has 3 heterocycles. The third-order valence-corrected chi connectivity index (χ3v) is 4.72. The number of halogens is 1. The van der Waals surface area contributed by atoms with Crippen molar-refractivity contribution < 1.29 is 9.59 Å². The van der Waals surface area contributed by atoms with E-state index in [0.717, 1.165) is 32.4 Å². The maximum atomic E-state index is 12.5. The van der Waals surface area contributed by atoms with Crippen LogP contribution in [0, 0.1) is 0 Å². The highest BCUT2D eigenvalue weighted by Gasteiger charge is 2.31. The Kier molecular flexibility index (Phi) is 4.56. The molecule has 1 aromatic heterocycles. The molecule has 2 aliphatic rings. The third-order valence-electron chi connectivity index (χ3n) is 4.44. The number of nitrogens with one attached hydrogen (secondary N) is 2. The van der Waals surface area contributed by atoms with Gasteiger partial charge in [-0.3, -0.25) is 9.59 Å². The van der Waals surface area contributed by atoms with E-state index in [1.807, 2.05) is 4.90 Å². The van der Waals surface area contributed by atoms with Crippen LogP contribution in [0.5, 0.6) is 0 Å². The Bertz CT molecular complexity index is 667. The van der Waals surface area contributed by atoms with E-state index in [-0.39, 0.29) is 28.6 Å². The number of hydrogen-bond acceptors (Lipinski definition) is 3. The Hall–Kier alpha value is -2.02. The molecule has 8 heteroatoms. The molecule has 0 saturated carbocycles. The number of rotatable bonds is 2. The lowest BCUT2D eigenvalue weighted by atomic mass is 10.0. The monoisotopic (exact) mass is 338 g/mol. The Morgan fingerprint density at radius 3 is 2.61 bits per heavy atom. The topological polar surface area (TPSA) is 85.5 Å². The molecule has 2 saturated heterocycles. The number of aromatic nitrogens is 1. The van der Waals surface area contributed by atoms with Gasteiger partial charge in [0.2, 0.25) is 5.43 Å². The molecule has 0 aromatic carbocycles. The summed E-state index contributed by atoms with van der Waals surface area (Å²) in [5.41, 5.74) is -0.389. The summed E-state index contributed by atoms with van der Waals surface area (Å²) in [6.07, 6.45) is 5.14. The van der Waals surface area contributed by atoms with E-state index < -0.39 is 5.43 Å². The molecule has 2 fully saturated rings. The molecule has 0 radical (unpaired) electrons. The zero-order valence-corrected chi connectivity index (χ0v) is 13.4. The molecule has 0 bridgehead atoms. The predicted molar refractivity (Wildman–Crippen MR) is 85.7 cm³/mol. The Labute approximate surface area is 138 Å². The summed E-state index contributed by atoms with van der Waals surface area (Å²) in [6.45, 7) is 2.54. The van der Waals surface area contributed by atoms with Crippen molar-refractivity contribution in [3.8, 4) is 0 Å². The molecule has 3 rings (SSSR count). The number of carbonyl (C=O) groups excluding carboxylic acids is 2. The maximum absolute atomic E-state index is 12.5. The van der Waals surface area contributed by atoms with Gasteiger partial charge in [-0.1, -0.05) is 11.6 Å². The van der Waals surface area contributed by atoms with Crippen LogP contribution in [0.4, 0.5) is 4.79 Å². The summed E-state index contributed by atoms with van der Waals surface area (Å²) < 4.78 is 0. The molecule has 0 aliphatic carbocycles. The second-order valence-electron chi connectivity index (χ2n) is 5.85. The number of pyridine rings is 1. The van der Waals surface area contributed by atoms with E-state index in [4.69, 9.17) is 11.6 Å². The van der Waals surface area contributed by atoms with Crippen LogP contribution in [0.3, 0.4) is 0 Å². The number of H-pyrrole nitrogens is 1. The first-order valence-electron chi connectivity index (χ1n) is 7.78. The van der Waals surface area contributed by atoms with Crippen LogP contribution in [0.2, 0.25) is 5.02 Å². The number of urea groups is 1. The third kappa shape index (κ3) is 3.19. The summed E-state index contributed by atoms with van der Waals surface area (Å²) in [7, 11) is 0. The molecule has 1 aromatic rings. The van der Waals surface area contributed by atoms with Crippen LogP contribution >= 0.6 is 11.6 Å². The SMILES string of the molecule is O=C(c1c[nH]cc(Cl)c1=O)N1CCC(N2CCCNC2=O)CC1. The van der Waals surface area contributed by atoms with Crippen LogP contribution in [0.15, 0.2) is 17.2 Å². The smallest absolute Gasteiger partial charge is 0.317 e. The number of amides is 3. The van der Waals surface area contributed by atoms with E-state index in [1.54, 1.807) is 4.90 Å². The van der Waals surface area contributed by atoms with Gasteiger partial charge in [-0.2, -0.15) is 0 Å². The van der Waals surface area contributed by atoms with E-state index in [9.17, 15) is 14.4 Å². The minimum atomic E-state index is -0.451. The summed E-state index contributed by atoms with van der Waals surface area (Å²) >= 11 is 5.77. The van der Waals surface area contributed by atoms with Gasteiger partial charge >= 0.3 is 6.03 Å². The standard InChI is InChI=1S/C15H19ClN4O3/c16-12-9-17-8-11(13(12)21)14(22)19-6-2-10(3-7-19)20-5-1-4-18-15(20)23/h8-10H,1-7H2,(H,17,21)(H,18,23). The normalized spacial score (nSPS) is 19.6. The molecule has 0 spiro atoms. The first-order chi connectivity index (χ1) is 11.1. The van der Waals surface area contributed by atoms with E-state index in [1.165, 1.54) is 12.4 Å². The summed E-state index contributed by atoms with van der Waals surface area (Å²) in [5, 5.41) is 2.86. The van der Waals surface area contributed by atoms with Gasteiger partial charge in [-0.25, -0.2) is 4.79 Å². The van der Waals surface area contributed by atoms with Crippen LogP contribution in [-0.2, 0) is 0 Å². The molecule has 124 valence electrons. The fourth-order valence-corrected chi connectivity index (χ4v) is 3.33. The first-order valence-corrected chi connectivity index (χ1v) is 8.16. The minimum Gasteiger partial charge on any atom is -0.365 e. The predicted octanol–water partition coefficient (Wildman–Crippen LogP) is 1.05. The van der Waals surface area contributed by atoms with E-state index in [0.29, 0.717) is 13.1 Å². The molecule has 3 amide bonds. The zero-order chi connectivity index (χ0) is 16.4. The van der Waals surface area contributed by atoms with Crippen LogP contribution in [-0.4, -0.2) is 58.9 Å². The van der Waals surface area contributed by atoms with Crippen molar-refractivity contribution in [2.45, 2.75) is 25.3 Å². The highest BCUT2D eigenvalue weighted by atomic mass is 35.5. The number of piperidine rings is 1. The fraction of sp³-hybridized carbons (Fsp3) is 0.533. The number of aromatic amines is 1. The van der Waals surface area contributed by atoms with Gasteiger partial charge in [0.15, 0.2) is 0 Å². The van der Waals surface area contributed by atoms with Crippen molar-refractivity contribution in [3.63, 3.8) is 0 Å². The second-order valence-corrected chi connectivity index (χ2v) is 6.26. The number of nitrogens with zero attached hydrogens (tertiary/aromatic N) is 2. The molecule has 0 unspecified atom stereocenters. The summed E-state index contributed by atoms with van der Waals surface area (Å²) in [4.78, 5) is 42.5. The Morgan fingerprint density at radius 1 is 1.17 bits per heavy atom. The van der Waals surface area contributed by atoms with Gasteiger partial charge in [0.1, 0.15) is 10.6 Å². The van der Waals surface area contributed by atoms with Crippen molar-refractivity contribution in [2.24, 2.45) is 0 Å². The number of hydrogen-bond donors (Lipinski definition) is 2. The zero-order valence-electron chi connectivity index (χ0n) is 12.7. The largest absolute Gasteiger partial charge is 0.365 e. The summed E-state index contributed by atoms with van der Waals surface area (Å²) in [6, 6.07) is 0.129. The molecule has 2 N–H and O–H groups in total. The van der Waals surface area contributed by atoms with Crippen molar-refractivity contribution in [2.75, 3.05) is 26.2 Å². The van der Waals surface area contributed by atoms with Gasteiger partial charge in [-0.05, 0) is 19.3 Å². The van der Waals surface area contributed by atoms with Gasteiger partial charge in [-0.15, -0.1) is 0 Å². The van der Waals surface area contributed by atoms with Crippen molar-refractivity contribution >= 4 is 23.5 Å². The molecule has 0 atom stereocenters. The van der Waals surface area contributed by atoms with Crippen molar-refractivity contribution in [1.82, 2.24) is 20.1 Å². The van der Waals surface area contributed by atoms with Crippen molar-refractivity contribution in [1.29, 1.82) is 0 Å². The van der Waals surface area contributed by atoms with Gasteiger partial charge in [0, 0.05) is 44.6 Å². The van der Waals surface area contributed by atoms with Gasteiger partial charge < -0.3 is 20.1 Å². The lowest BCUT2D eigenvalue weighted by molar-refractivity contribution is 0.0641. The Morgan fingerprint density at radius 2 is 1.91 bits per heavy atom. The molecule has 23 heavy (non-hydrogen) atoms. The number of carbonyl (C=O) groups is 2. The molecule has 7 nitrogen and oxygen atoms in total. The van der Waals surface area contributed by atoms with Crippen LogP contribution in [0.25, 0.3) is 0 Å². The van der Waals surface area contributed by atoms with E-state index in [2.05, 4.69) is 10.3 Å². The average molecular weight is 339 g/mol. The van der Waals surface area contributed by atoms with E-state index >= 15 is 0 Å². The average Bonchev–Trinajstić information content (AvgIpc) is 2.57. The highest BCUT2D eigenvalue weighted by Crippen LogP contribution is 2.19.